The number of hydrogen-bond donors (Lipinski definition) is 2. The molecule has 0 bridgehead atoms. The molecule has 1 saturated heterocycles. The number of carbonyl (C=O) groups excluding carboxylic acids is 2. The monoisotopic (exact) mass is 463 g/mol. The first-order valence-corrected chi connectivity index (χ1v) is 11.5. The Labute approximate surface area is 198 Å². The topological polar surface area (TPSA) is 93.2 Å². The quantitative estimate of drug-likeness (QED) is 0.561. The predicted octanol–water partition coefficient (Wildman–Crippen LogP) is 3.43. The summed E-state index contributed by atoms with van der Waals surface area (Å²) in [5.74, 6) is -0.0687. The molecule has 0 radical (unpaired) electrons. The van der Waals surface area contributed by atoms with Gasteiger partial charge in [0.2, 0.25) is 11.8 Å². The van der Waals surface area contributed by atoms with Crippen molar-refractivity contribution < 1.29 is 14.0 Å². The molecule has 1 aliphatic heterocycles. The summed E-state index contributed by atoms with van der Waals surface area (Å²) in [6.45, 7) is 4.03. The highest BCUT2D eigenvalue weighted by atomic mass is 19.1. The van der Waals surface area contributed by atoms with E-state index < -0.39 is 18.3 Å². The van der Waals surface area contributed by atoms with Gasteiger partial charge in [-0.25, -0.2) is 4.39 Å². The van der Waals surface area contributed by atoms with Gasteiger partial charge in [0.05, 0.1) is 12.6 Å². The highest BCUT2D eigenvalue weighted by Crippen LogP contribution is 2.27. The lowest BCUT2D eigenvalue weighted by Gasteiger charge is -2.27. The van der Waals surface area contributed by atoms with Crippen molar-refractivity contribution in [1.82, 2.24) is 20.0 Å². The first kappa shape index (κ1) is 23.5. The lowest BCUT2D eigenvalue weighted by atomic mass is 9.95. The smallest absolute Gasteiger partial charge is 0.245 e. The number of nitrogen functional groups attached to an aromatic ring is 1. The van der Waals surface area contributed by atoms with E-state index in [1.165, 1.54) is 15.1 Å². The molecule has 0 unspecified atom stereocenters. The second kappa shape index (κ2) is 10.1. The Morgan fingerprint density at radius 2 is 1.71 bits per heavy atom. The average Bonchev–Trinajstić information content (AvgIpc) is 3.43. The normalized spacial score (nSPS) is 18.8. The molecule has 2 amide bonds. The van der Waals surface area contributed by atoms with Crippen LogP contribution in [-0.2, 0) is 16.1 Å². The molecule has 2 heterocycles. The van der Waals surface area contributed by atoms with Gasteiger partial charge in [-0.2, -0.15) is 5.10 Å². The van der Waals surface area contributed by atoms with E-state index in [1.54, 1.807) is 12.3 Å². The molecule has 34 heavy (non-hydrogen) atoms. The van der Waals surface area contributed by atoms with Crippen LogP contribution < -0.4 is 11.1 Å². The van der Waals surface area contributed by atoms with Crippen LogP contribution in [-0.4, -0.2) is 45.3 Å². The van der Waals surface area contributed by atoms with Gasteiger partial charge >= 0.3 is 0 Å². The molecule has 3 N–H and O–H groups in total. The standard InChI is InChI=1S/C26H30FN5O2/c1-17(2)18-8-10-20(11-9-18)25(19-6-4-3-5-7-19)29-26(34)22-14-21(27)15-32(22)24(33)16-31-13-12-23(28)30-31/h3-13,17,21-22,25H,14-16H2,1-2H3,(H2,28,30)(H,29,34)/t21-,22+,25+/m1/s1. The lowest BCUT2D eigenvalue weighted by Crippen LogP contribution is -2.48. The molecule has 1 aromatic heterocycles. The maximum atomic E-state index is 14.4. The number of benzene rings is 2. The Morgan fingerprint density at radius 3 is 2.32 bits per heavy atom. The number of carbonyl (C=O) groups is 2. The first-order valence-electron chi connectivity index (χ1n) is 11.5. The minimum Gasteiger partial charge on any atom is -0.382 e. The number of rotatable bonds is 7. The summed E-state index contributed by atoms with van der Waals surface area (Å²) < 4.78 is 15.8. The maximum absolute atomic E-state index is 14.4. The molecule has 0 aliphatic carbocycles. The summed E-state index contributed by atoms with van der Waals surface area (Å²) in [5, 5.41) is 7.08. The van der Waals surface area contributed by atoms with Gasteiger partial charge in [-0.1, -0.05) is 68.4 Å². The maximum Gasteiger partial charge on any atom is 0.245 e. The summed E-state index contributed by atoms with van der Waals surface area (Å²) >= 11 is 0. The van der Waals surface area contributed by atoms with E-state index in [0.29, 0.717) is 11.7 Å². The summed E-state index contributed by atoms with van der Waals surface area (Å²) in [6, 6.07) is 18.0. The number of alkyl halides is 1. The van der Waals surface area contributed by atoms with Crippen molar-refractivity contribution in [2.75, 3.05) is 12.3 Å². The number of nitrogens with zero attached hydrogens (tertiary/aromatic N) is 3. The molecular weight excluding hydrogens is 433 g/mol. The molecule has 3 aromatic rings. The number of amides is 2. The molecule has 1 fully saturated rings. The number of nitrogens with one attached hydrogen (secondary N) is 1. The van der Waals surface area contributed by atoms with Crippen LogP contribution in [0, 0.1) is 0 Å². The summed E-state index contributed by atoms with van der Waals surface area (Å²) in [4.78, 5) is 27.6. The summed E-state index contributed by atoms with van der Waals surface area (Å²) in [5.41, 5.74) is 8.65. The van der Waals surface area contributed by atoms with Gasteiger partial charge < -0.3 is 16.0 Å². The van der Waals surface area contributed by atoms with Crippen LogP contribution in [0.4, 0.5) is 10.2 Å². The molecule has 4 rings (SSSR count). The van der Waals surface area contributed by atoms with Gasteiger partial charge in [-0.3, -0.25) is 14.3 Å². The number of anilines is 1. The number of halogens is 1. The summed E-state index contributed by atoms with van der Waals surface area (Å²) in [6.07, 6.45) is 0.285. The van der Waals surface area contributed by atoms with Crippen LogP contribution in [0.3, 0.4) is 0 Å². The van der Waals surface area contributed by atoms with Crippen LogP contribution in [0.25, 0.3) is 0 Å². The Balaban J connectivity index is 1.55. The van der Waals surface area contributed by atoms with E-state index in [2.05, 4.69) is 36.4 Å². The number of hydrogen-bond acceptors (Lipinski definition) is 4. The zero-order chi connectivity index (χ0) is 24.2. The van der Waals surface area contributed by atoms with Crippen molar-refractivity contribution >= 4 is 17.6 Å². The van der Waals surface area contributed by atoms with E-state index in [0.717, 1.165) is 11.1 Å². The average molecular weight is 464 g/mol. The third kappa shape index (κ3) is 5.27. The Kier molecular flexibility index (Phi) is 6.95. The lowest BCUT2D eigenvalue weighted by molar-refractivity contribution is -0.139. The first-order chi connectivity index (χ1) is 16.3. The van der Waals surface area contributed by atoms with E-state index in [1.807, 2.05) is 42.5 Å². The van der Waals surface area contributed by atoms with Gasteiger partial charge in [0.25, 0.3) is 0 Å². The van der Waals surface area contributed by atoms with Crippen LogP contribution in [0.15, 0.2) is 66.9 Å². The Hall–Kier alpha value is -3.68. The zero-order valence-corrected chi connectivity index (χ0v) is 19.4. The summed E-state index contributed by atoms with van der Waals surface area (Å²) in [7, 11) is 0. The molecule has 3 atom stereocenters. The van der Waals surface area contributed by atoms with Gasteiger partial charge in [0.1, 0.15) is 24.6 Å². The van der Waals surface area contributed by atoms with Crippen molar-refractivity contribution in [3.63, 3.8) is 0 Å². The second-order valence-corrected chi connectivity index (χ2v) is 9.01. The predicted molar refractivity (Wildman–Crippen MR) is 129 cm³/mol. The highest BCUT2D eigenvalue weighted by Gasteiger charge is 2.40. The fourth-order valence-corrected chi connectivity index (χ4v) is 4.32. The number of aromatic nitrogens is 2. The van der Waals surface area contributed by atoms with Crippen LogP contribution in [0.2, 0.25) is 0 Å². The van der Waals surface area contributed by atoms with E-state index in [9.17, 15) is 14.0 Å². The van der Waals surface area contributed by atoms with Gasteiger partial charge in [-0.15, -0.1) is 0 Å². The van der Waals surface area contributed by atoms with E-state index in [-0.39, 0.29) is 31.3 Å². The van der Waals surface area contributed by atoms with Crippen LogP contribution in [0.1, 0.15) is 48.9 Å². The van der Waals surface area contributed by atoms with Gasteiger partial charge in [0, 0.05) is 12.6 Å². The van der Waals surface area contributed by atoms with Crippen molar-refractivity contribution in [3.05, 3.63) is 83.6 Å². The Morgan fingerprint density at radius 1 is 1.06 bits per heavy atom. The zero-order valence-electron chi connectivity index (χ0n) is 19.4. The minimum absolute atomic E-state index is 0.0351. The molecule has 7 nitrogen and oxygen atoms in total. The van der Waals surface area contributed by atoms with E-state index in [4.69, 9.17) is 5.73 Å². The molecule has 0 saturated carbocycles. The highest BCUT2D eigenvalue weighted by molar-refractivity contribution is 5.88. The molecule has 8 heteroatoms. The molecule has 1 aliphatic rings. The molecule has 0 spiro atoms. The Bertz CT molecular complexity index is 1130. The molecule has 2 aromatic carbocycles. The third-order valence-electron chi connectivity index (χ3n) is 6.19. The largest absolute Gasteiger partial charge is 0.382 e. The molecule has 178 valence electrons. The van der Waals surface area contributed by atoms with Crippen LogP contribution in [0.5, 0.6) is 0 Å². The fraction of sp³-hybridized carbons (Fsp3) is 0.346. The van der Waals surface area contributed by atoms with Crippen molar-refractivity contribution in [3.8, 4) is 0 Å². The second-order valence-electron chi connectivity index (χ2n) is 9.01. The van der Waals surface area contributed by atoms with Crippen molar-refractivity contribution in [1.29, 1.82) is 0 Å². The number of nitrogens with two attached hydrogens (primary N) is 1. The number of likely N-dealkylation sites (tertiary alicyclic amines) is 1. The van der Waals surface area contributed by atoms with E-state index >= 15 is 0 Å². The van der Waals surface area contributed by atoms with Crippen molar-refractivity contribution in [2.45, 2.75) is 51.0 Å². The van der Waals surface area contributed by atoms with Gasteiger partial charge in [-0.05, 0) is 28.7 Å². The fourth-order valence-electron chi connectivity index (χ4n) is 4.32. The molecular formula is C26H30FN5O2. The third-order valence-corrected chi connectivity index (χ3v) is 6.19. The van der Waals surface area contributed by atoms with Gasteiger partial charge in [0.15, 0.2) is 0 Å². The van der Waals surface area contributed by atoms with Crippen molar-refractivity contribution in [2.24, 2.45) is 0 Å². The SMILES string of the molecule is CC(C)c1ccc([C@@H](NC(=O)[C@@H]2C[C@@H](F)CN2C(=O)Cn2ccc(N)n2)c2ccccc2)cc1. The minimum atomic E-state index is -1.26. The van der Waals surface area contributed by atoms with Crippen LogP contribution >= 0.6 is 0 Å².